The van der Waals surface area contributed by atoms with Gasteiger partial charge in [0.1, 0.15) is 5.69 Å². The first kappa shape index (κ1) is 15.0. The van der Waals surface area contributed by atoms with Gasteiger partial charge in [-0.3, -0.25) is 9.78 Å². The second kappa shape index (κ2) is 5.37. The van der Waals surface area contributed by atoms with Crippen molar-refractivity contribution in [3.05, 3.63) is 29.6 Å². The fourth-order valence-electron chi connectivity index (χ4n) is 2.43. The summed E-state index contributed by atoms with van der Waals surface area (Å²) in [7, 11) is 0. The van der Waals surface area contributed by atoms with E-state index in [-0.39, 0.29) is 18.6 Å². The highest BCUT2D eigenvalue weighted by atomic mass is 16.5. The van der Waals surface area contributed by atoms with Gasteiger partial charge >= 0.3 is 0 Å². The van der Waals surface area contributed by atoms with Crippen LogP contribution in [0.5, 0.6) is 0 Å². The number of aromatic nitrogens is 2. The number of pyridine rings is 1. The van der Waals surface area contributed by atoms with E-state index >= 15 is 0 Å². The highest BCUT2D eigenvalue weighted by Crippen LogP contribution is 2.20. The Morgan fingerprint density at radius 1 is 1.50 bits per heavy atom. The summed E-state index contributed by atoms with van der Waals surface area (Å²) < 4.78 is 5.57. The number of carbonyl (C=O) groups excluding carboxylic acids is 1. The molecular weight excluding hydrogens is 282 g/mol. The van der Waals surface area contributed by atoms with Crippen molar-refractivity contribution in [2.45, 2.75) is 32.5 Å². The summed E-state index contributed by atoms with van der Waals surface area (Å²) >= 11 is 0. The van der Waals surface area contributed by atoms with Crippen molar-refractivity contribution in [2.75, 3.05) is 19.7 Å². The molecule has 1 fully saturated rings. The molecule has 22 heavy (non-hydrogen) atoms. The number of aromatic amines is 1. The fourth-order valence-corrected chi connectivity index (χ4v) is 2.43. The molecule has 0 aromatic carbocycles. The number of amides is 1. The van der Waals surface area contributed by atoms with Gasteiger partial charge in [0, 0.05) is 19.3 Å². The number of carbonyl (C=O) groups is 1. The summed E-state index contributed by atoms with van der Waals surface area (Å²) in [6.07, 6.45) is 1.79. The maximum Gasteiger partial charge on any atom is 0.270 e. The molecule has 0 aliphatic carbocycles. The van der Waals surface area contributed by atoms with Crippen LogP contribution in [-0.2, 0) is 4.74 Å². The number of rotatable bonds is 4. The van der Waals surface area contributed by atoms with Crippen LogP contribution in [0.1, 0.15) is 29.9 Å². The zero-order valence-electron chi connectivity index (χ0n) is 13.1. The molecular formula is C16H21N3O3. The van der Waals surface area contributed by atoms with Crippen LogP contribution in [0, 0.1) is 6.92 Å². The average molecular weight is 303 g/mol. The molecule has 2 N–H and O–H groups in total. The van der Waals surface area contributed by atoms with Gasteiger partial charge in [0.15, 0.2) is 0 Å². The quantitative estimate of drug-likeness (QED) is 0.897. The maximum atomic E-state index is 12.4. The molecule has 0 unspecified atom stereocenters. The number of aliphatic hydroxyl groups is 1. The van der Waals surface area contributed by atoms with Crippen molar-refractivity contribution in [1.29, 1.82) is 0 Å². The van der Waals surface area contributed by atoms with Gasteiger partial charge in [0.2, 0.25) is 0 Å². The number of ether oxygens (including phenoxy) is 1. The SMILES string of the molecule is Cc1cnc2cc(C(=O)N3CC(OCC(C)(C)O)C3)[nH]c2c1. The smallest absolute Gasteiger partial charge is 0.270 e. The normalized spacial score (nSPS) is 16.1. The molecule has 1 saturated heterocycles. The summed E-state index contributed by atoms with van der Waals surface area (Å²) in [5.74, 6) is -0.0428. The van der Waals surface area contributed by atoms with Gasteiger partial charge in [-0.25, -0.2) is 0 Å². The Morgan fingerprint density at radius 2 is 2.23 bits per heavy atom. The van der Waals surface area contributed by atoms with Crippen molar-refractivity contribution in [2.24, 2.45) is 0 Å². The zero-order chi connectivity index (χ0) is 15.9. The van der Waals surface area contributed by atoms with E-state index in [9.17, 15) is 9.90 Å². The van der Waals surface area contributed by atoms with Crippen LogP contribution in [0.15, 0.2) is 18.3 Å². The maximum absolute atomic E-state index is 12.4. The van der Waals surface area contributed by atoms with Gasteiger partial charge in [-0.15, -0.1) is 0 Å². The summed E-state index contributed by atoms with van der Waals surface area (Å²) in [6, 6.07) is 3.76. The topological polar surface area (TPSA) is 78.5 Å². The minimum absolute atomic E-state index is 0.000114. The Labute approximate surface area is 129 Å². The first-order chi connectivity index (χ1) is 10.3. The Balaban J connectivity index is 1.60. The molecule has 3 rings (SSSR count). The molecule has 0 saturated carbocycles. The van der Waals surface area contributed by atoms with Crippen molar-refractivity contribution >= 4 is 16.9 Å². The molecule has 1 amide bonds. The van der Waals surface area contributed by atoms with E-state index in [1.54, 1.807) is 31.0 Å². The standard InChI is InChI=1S/C16H21N3O3/c1-10-4-13-12(17-6-10)5-14(18-13)15(20)19-7-11(8-19)22-9-16(2,3)21/h4-6,11,18,21H,7-9H2,1-3H3. The fraction of sp³-hybridized carbons (Fsp3) is 0.500. The minimum Gasteiger partial charge on any atom is -0.388 e. The Kier molecular flexibility index (Phi) is 3.66. The van der Waals surface area contributed by atoms with Crippen LogP contribution in [0.3, 0.4) is 0 Å². The predicted octanol–water partition coefficient (Wildman–Crippen LogP) is 1.48. The number of nitrogens with zero attached hydrogens (tertiary/aromatic N) is 2. The molecule has 2 aromatic rings. The number of hydrogen-bond donors (Lipinski definition) is 2. The third-order valence-corrected chi connectivity index (χ3v) is 3.64. The van der Waals surface area contributed by atoms with Crippen molar-refractivity contribution in [3.8, 4) is 0 Å². The Hall–Kier alpha value is -1.92. The number of nitrogens with one attached hydrogen (secondary N) is 1. The molecule has 6 heteroatoms. The van der Waals surface area contributed by atoms with E-state index in [1.165, 1.54) is 0 Å². The third-order valence-electron chi connectivity index (χ3n) is 3.64. The number of hydrogen-bond acceptors (Lipinski definition) is 4. The van der Waals surface area contributed by atoms with Crippen LogP contribution in [-0.4, -0.2) is 57.3 Å². The molecule has 2 aromatic heterocycles. The van der Waals surface area contributed by atoms with Crippen molar-refractivity contribution in [3.63, 3.8) is 0 Å². The van der Waals surface area contributed by atoms with Gasteiger partial charge in [-0.05, 0) is 38.5 Å². The highest BCUT2D eigenvalue weighted by molar-refractivity contribution is 5.97. The van der Waals surface area contributed by atoms with E-state index < -0.39 is 5.60 Å². The lowest BCUT2D eigenvalue weighted by Gasteiger charge is -2.39. The lowest BCUT2D eigenvalue weighted by Crippen LogP contribution is -2.55. The monoisotopic (exact) mass is 303 g/mol. The first-order valence-electron chi connectivity index (χ1n) is 7.40. The van der Waals surface area contributed by atoms with Crippen LogP contribution in [0.4, 0.5) is 0 Å². The van der Waals surface area contributed by atoms with E-state index in [4.69, 9.17) is 4.74 Å². The zero-order valence-corrected chi connectivity index (χ0v) is 13.1. The predicted molar refractivity (Wildman–Crippen MR) is 82.8 cm³/mol. The van der Waals surface area contributed by atoms with Crippen LogP contribution in [0.25, 0.3) is 11.0 Å². The van der Waals surface area contributed by atoms with E-state index in [2.05, 4.69) is 9.97 Å². The highest BCUT2D eigenvalue weighted by Gasteiger charge is 2.33. The van der Waals surface area contributed by atoms with Crippen LogP contribution >= 0.6 is 0 Å². The number of likely N-dealkylation sites (tertiary alicyclic amines) is 1. The molecule has 1 aliphatic rings. The second-order valence-electron chi connectivity index (χ2n) is 6.58. The summed E-state index contributed by atoms with van der Waals surface area (Å²) in [5.41, 5.74) is 2.43. The molecule has 1 aliphatic heterocycles. The molecule has 0 radical (unpaired) electrons. The Bertz CT molecular complexity index is 696. The summed E-state index contributed by atoms with van der Waals surface area (Å²) in [6.45, 7) is 6.75. The average Bonchev–Trinajstić information content (AvgIpc) is 2.78. The van der Waals surface area contributed by atoms with E-state index in [0.717, 1.165) is 16.6 Å². The van der Waals surface area contributed by atoms with Crippen molar-refractivity contribution < 1.29 is 14.6 Å². The third kappa shape index (κ3) is 3.13. The van der Waals surface area contributed by atoms with Crippen molar-refractivity contribution in [1.82, 2.24) is 14.9 Å². The molecule has 0 spiro atoms. The summed E-state index contributed by atoms with van der Waals surface area (Å²) in [4.78, 5) is 21.5. The van der Waals surface area contributed by atoms with Gasteiger partial charge in [-0.1, -0.05) is 0 Å². The number of aryl methyl sites for hydroxylation is 1. The van der Waals surface area contributed by atoms with E-state index in [0.29, 0.717) is 18.8 Å². The van der Waals surface area contributed by atoms with Gasteiger partial charge in [0.25, 0.3) is 5.91 Å². The van der Waals surface area contributed by atoms with Crippen LogP contribution < -0.4 is 0 Å². The molecule has 118 valence electrons. The number of fused-ring (bicyclic) bond motifs is 1. The molecule has 3 heterocycles. The molecule has 0 atom stereocenters. The van der Waals surface area contributed by atoms with Crippen LogP contribution in [0.2, 0.25) is 0 Å². The minimum atomic E-state index is -0.842. The van der Waals surface area contributed by atoms with E-state index in [1.807, 2.05) is 13.0 Å². The van der Waals surface area contributed by atoms with Gasteiger partial charge < -0.3 is 19.7 Å². The summed E-state index contributed by atoms with van der Waals surface area (Å²) in [5, 5.41) is 9.62. The van der Waals surface area contributed by atoms with Gasteiger partial charge in [0.05, 0.1) is 29.3 Å². The number of H-pyrrole nitrogens is 1. The Morgan fingerprint density at radius 3 is 2.91 bits per heavy atom. The largest absolute Gasteiger partial charge is 0.388 e. The molecule has 0 bridgehead atoms. The first-order valence-corrected chi connectivity index (χ1v) is 7.40. The lowest BCUT2D eigenvalue weighted by atomic mass is 10.1. The second-order valence-corrected chi connectivity index (χ2v) is 6.58. The lowest BCUT2D eigenvalue weighted by molar-refractivity contribution is -0.0943. The molecule has 6 nitrogen and oxygen atoms in total. The van der Waals surface area contributed by atoms with Gasteiger partial charge in [-0.2, -0.15) is 0 Å².